The van der Waals surface area contributed by atoms with E-state index in [1.54, 1.807) is 4.90 Å². The molecule has 0 radical (unpaired) electrons. The Morgan fingerprint density at radius 1 is 1.41 bits per heavy atom. The molecule has 11 heteroatoms. The van der Waals surface area contributed by atoms with Crippen LogP contribution in [0.15, 0.2) is 17.1 Å². The highest BCUT2D eigenvalue weighted by atomic mass is 19.1. The van der Waals surface area contributed by atoms with Gasteiger partial charge in [-0.1, -0.05) is 0 Å². The first-order valence-corrected chi connectivity index (χ1v) is 9.22. The number of aliphatic hydroxyl groups excluding tert-OH is 3. The molecule has 6 N–H and O–H groups in total. The second-order valence-corrected chi connectivity index (χ2v) is 7.02. The summed E-state index contributed by atoms with van der Waals surface area (Å²) in [5, 5.41) is 39.9. The fourth-order valence-electron chi connectivity index (χ4n) is 3.36. The van der Waals surface area contributed by atoms with Crippen LogP contribution in [0, 0.1) is 5.82 Å². The maximum absolute atomic E-state index is 14.6. The molecule has 1 fully saturated rings. The molecule has 3 rings (SSSR count). The number of aromatic amines is 1. The van der Waals surface area contributed by atoms with Gasteiger partial charge in [0.2, 0.25) is 5.43 Å². The van der Waals surface area contributed by atoms with Crippen LogP contribution in [0.4, 0.5) is 10.2 Å². The van der Waals surface area contributed by atoms with E-state index in [1.807, 2.05) is 0 Å². The van der Waals surface area contributed by atoms with E-state index in [2.05, 4.69) is 15.3 Å². The number of aliphatic hydroxyl groups is 3. The molecule has 0 bridgehead atoms. The third kappa shape index (κ3) is 4.53. The number of fused-ring (bicyclic) bond motifs is 1. The highest BCUT2D eigenvalue weighted by Crippen LogP contribution is 2.24. The molecule has 1 unspecified atom stereocenters. The summed E-state index contributed by atoms with van der Waals surface area (Å²) in [6.07, 6.45) is -0.212. The van der Waals surface area contributed by atoms with Gasteiger partial charge in [0, 0.05) is 25.3 Å². The number of carboxylic acids is 1. The van der Waals surface area contributed by atoms with Crippen LogP contribution in [0.5, 0.6) is 0 Å². The first-order chi connectivity index (χ1) is 13.8. The van der Waals surface area contributed by atoms with E-state index in [9.17, 15) is 24.2 Å². The number of anilines is 1. The first kappa shape index (κ1) is 21.1. The predicted octanol–water partition coefficient (Wildman–Crippen LogP) is -0.967. The number of halogens is 1. The summed E-state index contributed by atoms with van der Waals surface area (Å²) in [5.74, 6) is -2.05. The number of carboxylic acid groups (broad SMARTS) is 1. The Bertz CT molecular complexity index is 952. The summed E-state index contributed by atoms with van der Waals surface area (Å²) in [6, 6.07) is 1.01. The van der Waals surface area contributed by atoms with E-state index in [1.165, 1.54) is 0 Å². The Kier molecular flexibility index (Phi) is 6.42. The van der Waals surface area contributed by atoms with Gasteiger partial charge in [-0.3, -0.25) is 4.79 Å². The van der Waals surface area contributed by atoms with Crippen molar-refractivity contribution in [3.63, 3.8) is 0 Å². The van der Waals surface area contributed by atoms with Crippen molar-refractivity contribution in [3.05, 3.63) is 33.9 Å². The third-order valence-electron chi connectivity index (χ3n) is 5.02. The van der Waals surface area contributed by atoms with Crippen molar-refractivity contribution in [1.82, 2.24) is 15.3 Å². The van der Waals surface area contributed by atoms with E-state index in [-0.39, 0.29) is 29.3 Å². The van der Waals surface area contributed by atoms with Crippen molar-refractivity contribution < 1.29 is 29.6 Å². The van der Waals surface area contributed by atoms with E-state index in [0.29, 0.717) is 26.1 Å². The van der Waals surface area contributed by atoms with Crippen molar-refractivity contribution in [1.29, 1.82) is 0 Å². The maximum atomic E-state index is 14.6. The minimum Gasteiger partial charge on any atom is -0.477 e. The maximum Gasteiger partial charge on any atom is 0.341 e. The molecular weight excluding hydrogens is 387 g/mol. The molecule has 29 heavy (non-hydrogen) atoms. The average Bonchev–Trinajstić information content (AvgIpc) is 3.15. The Morgan fingerprint density at radius 3 is 2.86 bits per heavy atom. The molecule has 2 aromatic heterocycles. The van der Waals surface area contributed by atoms with Crippen molar-refractivity contribution in [2.45, 2.75) is 31.1 Å². The lowest BCUT2D eigenvalue weighted by molar-refractivity contribution is -0.0173. The van der Waals surface area contributed by atoms with Gasteiger partial charge in [-0.15, -0.1) is 0 Å². The topological polar surface area (TPSA) is 159 Å². The molecule has 2 aromatic rings. The quantitative estimate of drug-likeness (QED) is 0.322. The molecule has 0 amide bonds. The number of H-pyrrole nitrogens is 1. The van der Waals surface area contributed by atoms with Gasteiger partial charge < -0.3 is 35.6 Å². The third-order valence-corrected chi connectivity index (χ3v) is 5.02. The van der Waals surface area contributed by atoms with Crippen LogP contribution in [0.25, 0.3) is 11.0 Å². The fourth-order valence-corrected chi connectivity index (χ4v) is 3.36. The number of carbonyl (C=O) groups is 1. The zero-order chi connectivity index (χ0) is 21.1. The number of pyridine rings is 2. The van der Waals surface area contributed by atoms with E-state index < -0.39 is 41.6 Å². The molecule has 1 aliphatic heterocycles. The van der Waals surface area contributed by atoms with E-state index >= 15 is 0 Å². The van der Waals surface area contributed by atoms with Crippen LogP contribution in [0.2, 0.25) is 0 Å². The molecule has 1 aliphatic rings. The van der Waals surface area contributed by atoms with Gasteiger partial charge in [-0.25, -0.2) is 14.2 Å². The van der Waals surface area contributed by atoms with Crippen molar-refractivity contribution >= 4 is 22.8 Å². The van der Waals surface area contributed by atoms with Crippen LogP contribution in [0.3, 0.4) is 0 Å². The zero-order valence-corrected chi connectivity index (χ0v) is 15.5. The van der Waals surface area contributed by atoms with Crippen molar-refractivity contribution in [2.75, 3.05) is 31.1 Å². The molecular formula is C18H23FN4O6. The number of nitrogens with one attached hydrogen (secondary N) is 2. The molecule has 0 spiro atoms. The van der Waals surface area contributed by atoms with Crippen molar-refractivity contribution in [3.8, 4) is 0 Å². The number of rotatable bonds is 8. The minimum absolute atomic E-state index is 0.0128. The summed E-state index contributed by atoms with van der Waals surface area (Å²) >= 11 is 0. The molecule has 3 atom stereocenters. The lowest BCUT2D eigenvalue weighted by Gasteiger charge is -2.20. The Morgan fingerprint density at radius 2 is 2.17 bits per heavy atom. The summed E-state index contributed by atoms with van der Waals surface area (Å²) in [4.78, 5) is 31.7. The SMILES string of the molecule is O=C(O)c1c[nH]c2nc(N3CCC(NCC[C@H](O)[C@H](O)CO)C3)c(F)cc2c1=O. The average molecular weight is 410 g/mol. The van der Waals surface area contributed by atoms with E-state index in [4.69, 9.17) is 10.2 Å². The number of aromatic carboxylic acids is 1. The number of hydrogen-bond donors (Lipinski definition) is 6. The molecule has 0 aromatic carbocycles. The summed E-state index contributed by atoms with van der Waals surface area (Å²) in [7, 11) is 0. The van der Waals surface area contributed by atoms with Crippen LogP contribution >= 0.6 is 0 Å². The predicted molar refractivity (Wildman–Crippen MR) is 102 cm³/mol. The van der Waals surface area contributed by atoms with Gasteiger partial charge in [-0.05, 0) is 25.5 Å². The van der Waals surface area contributed by atoms with Gasteiger partial charge in [0.25, 0.3) is 0 Å². The van der Waals surface area contributed by atoms with Crippen LogP contribution in [-0.2, 0) is 0 Å². The molecule has 0 saturated carbocycles. The standard InChI is InChI=1S/C18H23FN4O6/c19-12-5-10-15(27)11(18(28)29)6-21-16(10)22-17(12)23-4-2-9(7-23)20-3-1-13(25)14(26)8-24/h5-6,9,13-14,20,24-26H,1-4,7-8H2,(H,28,29)(H,21,22,27)/t9?,13-,14+/m0/s1. The van der Waals surface area contributed by atoms with Crippen molar-refractivity contribution in [2.24, 2.45) is 0 Å². The minimum atomic E-state index is -1.40. The summed E-state index contributed by atoms with van der Waals surface area (Å²) in [6.45, 7) is 0.870. The van der Waals surface area contributed by atoms with Crippen LogP contribution in [0.1, 0.15) is 23.2 Å². The zero-order valence-electron chi connectivity index (χ0n) is 15.5. The molecule has 10 nitrogen and oxygen atoms in total. The summed E-state index contributed by atoms with van der Waals surface area (Å²) < 4.78 is 14.6. The Balaban J connectivity index is 1.68. The Hall–Kier alpha value is -2.60. The highest BCUT2D eigenvalue weighted by molar-refractivity contribution is 5.91. The monoisotopic (exact) mass is 410 g/mol. The van der Waals surface area contributed by atoms with Gasteiger partial charge in [0.1, 0.15) is 17.3 Å². The van der Waals surface area contributed by atoms with Crippen LogP contribution in [-0.4, -0.2) is 80.9 Å². The second-order valence-electron chi connectivity index (χ2n) is 7.02. The van der Waals surface area contributed by atoms with Crippen LogP contribution < -0.4 is 15.6 Å². The first-order valence-electron chi connectivity index (χ1n) is 9.22. The second kappa shape index (κ2) is 8.82. The van der Waals surface area contributed by atoms with Gasteiger partial charge in [0.05, 0.1) is 18.1 Å². The lowest BCUT2D eigenvalue weighted by Crippen LogP contribution is -2.37. The summed E-state index contributed by atoms with van der Waals surface area (Å²) in [5.41, 5.74) is -1.17. The number of nitrogens with zero attached hydrogens (tertiary/aromatic N) is 2. The fraction of sp³-hybridized carbons (Fsp3) is 0.500. The van der Waals surface area contributed by atoms with Gasteiger partial charge in [-0.2, -0.15) is 0 Å². The van der Waals surface area contributed by atoms with E-state index in [0.717, 1.165) is 12.3 Å². The van der Waals surface area contributed by atoms with Gasteiger partial charge >= 0.3 is 5.97 Å². The lowest BCUT2D eigenvalue weighted by atomic mass is 10.1. The normalized spacial score (nSPS) is 18.9. The largest absolute Gasteiger partial charge is 0.477 e. The van der Waals surface area contributed by atoms with Gasteiger partial charge in [0.15, 0.2) is 11.6 Å². The highest BCUT2D eigenvalue weighted by Gasteiger charge is 2.26. The molecule has 0 aliphatic carbocycles. The number of hydrogen-bond acceptors (Lipinski definition) is 8. The molecule has 3 heterocycles. The number of aromatic nitrogens is 2. The molecule has 1 saturated heterocycles. The molecule has 158 valence electrons. The smallest absolute Gasteiger partial charge is 0.341 e. The Labute approximate surface area is 164 Å².